The summed E-state index contributed by atoms with van der Waals surface area (Å²) in [6, 6.07) is 14.0. The molecule has 3 nitrogen and oxygen atoms in total. The Labute approximate surface area is 122 Å². The molecule has 0 fully saturated rings. The highest BCUT2D eigenvalue weighted by Gasteiger charge is 2.03. The van der Waals surface area contributed by atoms with Crippen molar-refractivity contribution in [1.29, 1.82) is 0 Å². The molecular weight excluding hydrogens is 304 g/mol. The van der Waals surface area contributed by atoms with Gasteiger partial charge in [0.05, 0.1) is 0 Å². The summed E-state index contributed by atoms with van der Waals surface area (Å²) >= 11 is 3.43. The third-order valence-electron chi connectivity index (χ3n) is 2.63. The average molecular weight is 321 g/mol. The Balaban J connectivity index is 1.72. The van der Waals surface area contributed by atoms with Crippen molar-refractivity contribution in [3.63, 3.8) is 0 Å². The molecule has 1 N–H and O–H groups in total. The van der Waals surface area contributed by atoms with Crippen LogP contribution in [-0.2, 0) is 6.54 Å². The van der Waals surface area contributed by atoms with E-state index in [1.165, 1.54) is 5.56 Å². The molecule has 2 aromatic rings. The number of nitrogens with one attached hydrogen (secondary N) is 1. The number of hydrogen-bond acceptors (Lipinski definition) is 3. The number of halogens is 1. The fraction of sp³-hybridized carbons (Fsp3) is 0.267. The predicted octanol–water partition coefficient (Wildman–Crippen LogP) is 3.40. The van der Waals surface area contributed by atoms with Crippen LogP contribution in [0.4, 0.5) is 0 Å². The van der Waals surface area contributed by atoms with Crippen LogP contribution in [0.3, 0.4) is 0 Å². The molecule has 0 bridgehead atoms. The first kappa shape index (κ1) is 14.0. The van der Waals surface area contributed by atoms with Crippen LogP contribution in [0, 0.1) is 0 Å². The molecule has 1 aromatic heterocycles. The molecule has 1 atom stereocenters. The van der Waals surface area contributed by atoms with Gasteiger partial charge in [-0.1, -0.05) is 34.1 Å². The van der Waals surface area contributed by atoms with Crippen LogP contribution in [0.25, 0.3) is 0 Å². The Morgan fingerprint density at radius 3 is 2.68 bits per heavy atom. The number of nitrogens with zero attached hydrogens (tertiary/aromatic N) is 1. The molecule has 0 amide bonds. The monoisotopic (exact) mass is 320 g/mol. The fourth-order valence-electron chi connectivity index (χ4n) is 1.69. The highest BCUT2D eigenvalue weighted by Crippen LogP contribution is 2.10. The van der Waals surface area contributed by atoms with E-state index < -0.39 is 0 Å². The predicted molar refractivity (Wildman–Crippen MR) is 80.2 cm³/mol. The summed E-state index contributed by atoms with van der Waals surface area (Å²) in [5.41, 5.74) is 1.26. The van der Waals surface area contributed by atoms with E-state index in [-0.39, 0.29) is 6.10 Å². The Kier molecular flexibility index (Phi) is 5.36. The van der Waals surface area contributed by atoms with E-state index in [1.54, 1.807) is 6.20 Å². The lowest BCUT2D eigenvalue weighted by Crippen LogP contribution is -2.28. The normalized spacial score (nSPS) is 12.1. The zero-order chi connectivity index (χ0) is 13.5. The van der Waals surface area contributed by atoms with Crippen LogP contribution in [-0.4, -0.2) is 17.6 Å². The van der Waals surface area contributed by atoms with Gasteiger partial charge >= 0.3 is 0 Å². The quantitative estimate of drug-likeness (QED) is 0.885. The van der Waals surface area contributed by atoms with Gasteiger partial charge in [0.1, 0.15) is 6.10 Å². The number of ether oxygens (including phenoxy) is 1. The van der Waals surface area contributed by atoms with Crippen molar-refractivity contribution in [1.82, 2.24) is 10.3 Å². The molecule has 0 saturated heterocycles. The second kappa shape index (κ2) is 7.26. The van der Waals surface area contributed by atoms with Gasteiger partial charge in [-0.25, -0.2) is 4.98 Å². The number of hydrogen-bond donors (Lipinski definition) is 1. The minimum absolute atomic E-state index is 0.0883. The molecule has 19 heavy (non-hydrogen) atoms. The Bertz CT molecular complexity index is 487. The first-order valence-electron chi connectivity index (χ1n) is 6.27. The number of rotatable bonds is 6. The molecule has 0 aliphatic rings. The molecule has 0 saturated carbocycles. The minimum atomic E-state index is 0.0883. The van der Waals surface area contributed by atoms with Crippen molar-refractivity contribution in [2.75, 3.05) is 6.54 Å². The Morgan fingerprint density at radius 2 is 2.00 bits per heavy atom. The van der Waals surface area contributed by atoms with E-state index in [2.05, 4.69) is 38.4 Å². The topological polar surface area (TPSA) is 34.1 Å². The van der Waals surface area contributed by atoms with E-state index in [1.807, 2.05) is 37.3 Å². The van der Waals surface area contributed by atoms with Gasteiger partial charge in [0.15, 0.2) is 0 Å². The highest BCUT2D eigenvalue weighted by atomic mass is 79.9. The van der Waals surface area contributed by atoms with Crippen LogP contribution in [0.15, 0.2) is 53.1 Å². The first-order chi connectivity index (χ1) is 9.24. The minimum Gasteiger partial charge on any atom is -0.473 e. The van der Waals surface area contributed by atoms with Gasteiger partial charge in [-0.05, 0) is 30.7 Å². The summed E-state index contributed by atoms with van der Waals surface area (Å²) < 4.78 is 6.79. The third kappa shape index (κ3) is 5.01. The maximum atomic E-state index is 5.69. The first-order valence-corrected chi connectivity index (χ1v) is 7.06. The number of pyridine rings is 1. The van der Waals surface area contributed by atoms with Gasteiger partial charge in [-0.2, -0.15) is 0 Å². The summed E-state index contributed by atoms with van der Waals surface area (Å²) in [5, 5.41) is 3.37. The maximum Gasteiger partial charge on any atom is 0.213 e. The third-order valence-corrected chi connectivity index (χ3v) is 3.16. The van der Waals surface area contributed by atoms with Crippen molar-refractivity contribution in [3.8, 4) is 5.88 Å². The molecule has 1 aromatic carbocycles. The lowest BCUT2D eigenvalue weighted by atomic mass is 10.2. The van der Waals surface area contributed by atoms with Gasteiger partial charge in [-0.15, -0.1) is 0 Å². The molecule has 100 valence electrons. The smallest absolute Gasteiger partial charge is 0.213 e. The van der Waals surface area contributed by atoms with Crippen LogP contribution >= 0.6 is 15.9 Å². The van der Waals surface area contributed by atoms with Crippen molar-refractivity contribution >= 4 is 15.9 Å². The second-order valence-corrected chi connectivity index (χ2v) is 5.27. The molecular formula is C15H17BrN2O. The molecule has 2 rings (SSSR count). The zero-order valence-corrected chi connectivity index (χ0v) is 12.4. The van der Waals surface area contributed by atoms with E-state index in [0.29, 0.717) is 5.88 Å². The van der Waals surface area contributed by atoms with Crippen LogP contribution in [0.2, 0.25) is 0 Å². The summed E-state index contributed by atoms with van der Waals surface area (Å²) in [7, 11) is 0. The van der Waals surface area contributed by atoms with Crippen molar-refractivity contribution in [3.05, 3.63) is 58.7 Å². The van der Waals surface area contributed by atoms with E-state index in [0.717, 1.165) is 17.6 Å². The zero-order valence-electron chi connectivity index (χ0n) is 10.8. The van der Waals surface area contributed by atoms with E-state index in [4.69, 9.17) is 4.74 Å². The maximum absolute atomic E-state index is 5.69. The van der Waals surface area contributed by atoms with Crippen LogP contribution in [0.5, 0.6) is 5.88 Å². The number of aromatic nitrogens is 1. The fourth-order valence-corrected chi connectivity index (χ4v) is 1.95. The second-order valence-electron chi connectivity index (χ2n) is 4.35. The largest absolute Gasteiger partial charge is 0.473 e. The summed E-state index contributed by atoms with van der Waals surface area (Å²) in [6.07, 6.45) is 1.82. The molecule has 0 aliphatic carbocycles. The summed E-state index contributed by atoms with van der Waals surface area (Å²) in [4.78, 5) is 4.14. The van der Waals surface area contributed by atoms with Crippen LogP contribution < -0.4 is 10.1 Å². The summed E-state index contributed by atoms with van der Waals surface area (Å²) in [5.74, 6) is 0.667. The molecule has 0 spiro atoms. The number of benzene rings is 1. The Hall–Kier alpha value is -1.39. The molecule has 0 unspecified atom stereocenters. The van der Waals surface area contributed by atoms with Crippen molar-refractivity contribution in [2.45, 2.75) is 19.6 Å². The summed E-state index contributed by atoms with van der Waals surface area (Å²) in [6.45, 7) is 3.65. The molecule has 4 heteroatoms. The lowest BCUT2D eigenvalue weighted by molar-refractivity contribution is 0.208. The molecule has 1 heterocycles. The van der Waals surface area contributed by atoms with E-state index in [9.17, 15) is 0 Å². The van der Waals surface area contributed by atoms with Gasteiger partial charge < -0.3 is 10.1 Å². The van der Waals surface area contributed by atoms with Crippen molar-refractivity contribution < 1.29 is 4.74 Å². The van der Waals surface area contributed by atoms with Gasteiger partial charge in [0.2, 0.25) is 5.88 Å². The standard InChI is InChI=1S/C15H17BrN2O/c1-12(19-15-4-2-3-9-18-15)10-17-11-13-5-7-14(16)8-6-13/h2-9,12,17H,10-11H2,1H3/t12-/m1/s1. The molecule has 0 aliphatic heterocycles. The van der Waals surface area contributed by atoms with Gasteiger partial charge in [0.25, 0.3) is 0 Å². The molecule has 0 radical (unpaired) electrons. The van der Waals surface area contributed by atoms with Gasteiger partial charge in [0, 0.05) is 29.8 Å². The average Bonchev–Trinajstić information content (AvgIpc) is 2.42. The van der Waals surface area contributed by atoms with Crippen LogP contribution in [0.1, 0.15) is 12.5 Å². The van der Waals surface area contributed by atoms with E-state index >= 15 is 0 Å². The van der Waals surface area contributed by atoms with Crippen molar-refractivity contribution in [2.24, 2.45) is 0 Å². The van der Waals surface area contributed by atoms with Gasteiger partial charge in [-0.3, -0.25) is 0 Å². The lowest BCUT2D eigenvalue weighted by Gasteiger charge is -2.14. The highest BCUT2D eigenvalue weighted by molar-refractivity contribution is 9.10. The Morgan fingerprint density at radius 1 is 1.21 bits per heavy atom. The SMILES string of the molecule is C[C@H](CNCc1ccc(Br)cc1)Oc1ccccn1.